The summed E-state index contributed by atoms with van der Waals surface area (Å²) in [6.07, 6.45) is 4.35. The van der Waals surface area contributed by atoms with E-state index in [1.54, 1.807) is 18.6 Å². The van der Waals surface area contributed by atoms with Crippen LogP contribution in [-0.4, -0.2) is 19.7 Å². The summed E-state index contributed by atoms with van der Waals surface area (Å²) in [7, 11) is 0. The van der Waals surface area contributed by atoms with Crippen molar-refractivity contribution in [2.24, 2.45) is 5.92 Å². The molecular weight excluding hydrogens is 207 g/mol. The quantitative estimate of drug-likeness (QED) is 0.795. The Morgan fingerprint density at radius 1 is 1.44 bits per heavy atom. The Balaban J connectivity index is 2.41. The van der Waals surface area contributed by atoms with Gasteiger partial charge in [-0.15, -0.1) is 10.2 Å². The van der Waals surface area contributed by atoms with Gasteiger partial charge in [0.05, 0.1) is 11.8 Å². The third-order valence-corrected chi connectivity index (χ3v) is 2.19. The van der Waals surface area contributed by atoms with Crippen LogP contribution in [0.5, 0.6) is 0 Å². The fourth-order valence-electron chi connectivity index (χ4n) is 1.55. The van der Waals surface area contributed by atoms with E-state index >= 15 is 0 Å². The van der Waals surface area contributed by atoms with Gasteiger partial charge in [-0.3, -0.25) is 4.98 Å². The molecule has 0 aromatic carbocycles. The van der Waals surface area contributed by atoms with E-state index in [-0.39, 0.29) is 5.82 Å². The summed E-state index contributed by atoms with van der Waals surface area (Å²) in [4.78, 5) is 3.71. The Bertz CT molecular complexity index is 478. The molecule has 0 aliphatic rings. The molecule has 4 nitrogen and oxygen atoms in total. The monoisotopic (exact) mass is 220 g/mol. The molecule has 0 radical (unpaired) electrons. The lowest BCUT2D eigenvalue weighted by molar-refractivity contribution is 0.523. The fourth-order valence-corrected chi connectivity index (χ4v) is 1.55. The van der Waals surface area contributed by atoms with Gasteiger partial charge in [0.25, 0.3) is 0 Å². The van der Waals surface area contributed by atoms with Crippen molar-refractivity contribution in [3.63, 3.8) is 0 Å². The fraction of sp³-hybridized carbons (Fsp3) is 0.364. The van der Waals surface area contributed by atoms with Gasteiger partial charge in [0, 0.05) is 12.7 Å². The van der Waals surface area contributed by atoms with E-state index in [9.17, 15) is 4.39 Å². The Morgan fingerprint density at radius 3 is 2.94 bits per heavy atom. The molecule has 2 aromatic heterocycles. The zero-order chi connectivity index (χ0) is 11.5. The second-order valence-corrected chi connectivity index (χ2v) is 4.06. The maximum Gasteiger partial charge on any atom is 0.166 e. The Kier molecular flexibility index (Phi) is 2.94. The average molecular weight is 220 g/mol. The van der Waals surface area contributed by atoms with Crippen molar-refractivity contribution in [1.82, 2.24) is 19.7 Å². The molecule has 0 aliphatic heterocycles. The second-order valence-electron chi connectivity index (χ2n) is 4.06. The van der Waals surface area contributed by atoms with Gasteiger partial charge >= 0.3 is 0 Å². The molecule has 2 heterocycles. The molecule has 0 bridgehead atoms. The number of aromatic nitrogens is 4. The zero-order valence-corrected chi connectivity index (χ0v) is 9.26. The van der Waals surface area contributed by atoms with Gasteiger partial charge in [-0.25, -0.2) is 4.39 Å². The molecule has 0 saturated carbocycles. The molecule has 5 heteroatoms. The smallest absolute Gasteiger partial charge is 0.166 e. The Hall–Kier alpha value is -1.78. The third-order valence-electron chi connectivity index (χ3n) is 2.19. The van der Waals surface area contributed by atoms with Crippen molar-refractivity contribution < 1.29 is 4.39 Å². The van der Waals surface area contributed by atoms with Crippen LogP contribution < -0.4 is 0 Å². The van der Waals surface area contributed by atoms with Crippen LogP contribution in [0.4, 0.5) is 4.39 Å². The van der Waals surface area contributed by atoms with Gasteiger partial charge in [0.15, 0.2) is 11.6 Å². The number of hydrogen-bond donors (Lipinski definition) is 0. The van der Waals surface area contributed by atoms with Crippen LogP contribution in [0.3, 0.4) is 0 Å². The highest BCUT2D eigenvalue weighted by atomic mass is 19.1. The number of rotatable bonds is 3. The van der Waals surface area contributed by atoms with Crippen molar-refractivity contribution in [2.75, 3.05) is 0 Å². The molecule has 84 valence electrons. The minimum atomic E-state index is -0.375. The molecule has 0 fully saturated rings. The summed E-state index contributed by atoms with van der Waals surface area (Å²) in [5.41, 5.74) is 0.438. The highest BCUT2D eigenvalue weighted by Gasteiger charge is 2.12. The van der Waals surface area contributed by atoms with Crippen LogP contribution >= 0.6 is 0 Å². The zero-order valence-electron chi connectivity index (χ0n) is 9.26. The van der Waals surface area contributed by atoms with Gasteiger partial charge in [0.1, 0.15) is 6.33 Å². The summed E-state index contributed by atoms with van der Waals surface area (Å²) in [5, 5.41) is 7.76. The number of pyridine rings is 1. The van der Waals surface area contributed by atoms with Crippen LogP contribution in [0.25, 0.3) is 11.4 Å². The SMILES string of the molecule is CC(C)Cn1cnnc1-c1ccncc1F. The topological polar surface area (TPSA) is 43.6 Å². The van der Waals surface area contributed by atoms with Crippen LogP contribution in [-0.2, 0) is 6.54 Å². The lowest BCUT2D eigenvalue weighted by Gasteiger charge is -2.09. The number of nitrogens with zero attached hydrogens (tertiary/aromatic N) is 4. The molecule has 0 unspecified atom stereocenters. The largest absolute Gasteiger partial charge is 0.313 e. The average Bonchev–Trinajstić information content (AvgIpc) is 2.66. The lowest BCUT2D eigenvalue weighted by Crippen LogP contribution is -2.05. The molecule has 0 N–H and O–H groups in total. The second kappa shape index (κ2) is 4.38. The van der Waals surface area contributed by atoms with Gasteiger partial charge < -0.3 is 4.57 Å². The first kappa shape index (κ1) is 10.7. The number of halogens is 1. The van der Waals surface area contributed by atoms with E-state index in [2.05, 4.69) is 29.0 Å². The molecule has 2 rings (SSSR count). The first-order chi connectivity index (χ1) is 7.68. The van der Waals surface area contributed by atoms with Gasteiger partial charge in [-0.2, -0.15) is 0 Å². The van der Waals surface area contributed by atoms with E-state index in [0.717, 1.165) is 6.54 Å². The first-order valence-electron chi connectivity index (χ1n) is 5.16. The van der Waals surface area contributed by atoms with Crippen LogP contribution in [0.2, 0.25) is 0 Å². The minimum absolute atomic E-state index is 0.375. The predicted octanol–water partition coefficient (Wildman–Crippen LogP) is 2.14. The van der Waals surface area contributed by atoms with Gasteiger partial charge in [0.2, 0.25) is 0 Å². The Labute approximate surface area is 93.2 Å². The van der Waals surface area contributed by atoms with Crippen molar-refractivity contribution >= 4 is 0 Å². The highest BCUT2D eigenvalue weighted by molar-refractivity contribution is 5.54. The van der Waals surface area contributed by atoms with E-state index in [1.165, 1.54) is 6.20 Å². The van der Waals surface area contributed by atoms with Crippen LogP contribution in [0, 0.1) is 11.7 Å². The highest BCUT2D eigenvalue weighted by Crippen LogP contribution is 2.19. The lowest BCUT2D eigenvalue weighted by atomic mass is 10.2. The summed E-state index contributed by atoms with van der Waals surface area (Å²) in [5.74, 6) is 0.633. The maximum atomic E-state index is 13.5. The maximum absolute atomic E-state index is 13.5. The molecular formula is C11H13FN4. The van der Waals surface area contributed by atoms with Crippen molar-refractivity contribution in [3.8, 4) is 11.4 Å². The van der Waals surface area contributed by atoms with Crippen molar-refractivity contribution in [1.29, 1.82) is 0 Å². The molecule has 0 spiro atoms. The first-order valence-corrected chi connectivity index (χ1v) is 5.16. The van der Waals surface area contributed by atoms with E-state index in [4.69, 9.17) is 0 Å². The molecule has 0 atom stereocenters. The summed E-state index contributed by atoms with van der Waals surface area (Å²) in [6, 6.07) is 1.61. The summed E-state index contributed by atoms with van der Waals surface area (Å²) < 4.78 is 15.4. The number of hydrogen-bond acceptors (Lipinski definition) is 3. The normalized spacial score (nSPS) is 11.0. The van der Waals surface area contributed by atoms with Crippen LogP contribution in [0.1, 0.15) is 13.8 Å². The molecule has 2 aromatic rings. The molecule has 16 heavy (non-hydrogen) atoms. The minimum Gasteiger partial charge on any atom is -0.313 e. The summed E-state index contributed by atoms with van der Waals surface area (Å²) >= 11 is 0. The molecule has 0 amide bonds. The van der Waals surface area contributed by atoms with Crippen molar-refractivity contribution in [2.45, 2.75) is 20.4 Å². The van der Waals surface area contributed by atoms with Crippen molar-refractivity contribution in [3.05, 3.63) is 30.6 Å². The predicted molar refractivity (Wildman–Crippen MR) is 58.0 cm³/mol. The standard InChI is InChI=1S/C11H13FN4/c1-8(2)6-16-7-14-15-11(16)9-3-4-13-5-10(9)12/h3-5,7-8H,6H2,1-2H3. The van der Waals surface area contributed by atoms with Crippen LogP contribution in [0.15, 0.2) is 24.8 Å². The molecule has 0 aliphatic carbocycles. The Morgan fingerprint density at radius 2 is 2.25 bits per heavy atom. The third kappa shape index (κ3) is 2.08. The van der Waals surface area contributed by atoms with E-state index < -0.39 is 0 Å². The van der Waals surface area contributed by atoms with E-state index in [0.29, 0.717) is 17.3 Å². The van der Waals surface area contributed by atoms with E-state index in [1.807, 2.05) is 4.57 Å². The van der Waals surface area contributed by atoms with Gasteiger partial charge in [-0.05, 0) is 12.0 Å². The molecule has 0 saturated heterocycles. The summed E-state index contributed by atoms with van der Waals surface area (Å²) in [6.45, 7) is 4.95. The van der Waals surface area contributed by atoms with Gasteiger partial charge in [-0.1, -0.05) is 13.8 Å².